The number of thiophene rings is 1. The number of rotatable bonds is 3. The van der Waals surface area contributed by atoms with Gasteiger partial charge >= 0.3 is 0 Å². The van der Waals surface area contributed by atoms with E-state index in [1.807, 2.05) is 34.5 Å². The van der Waals surface area contributed by atoms with Crippen LogP contribution in [0, 0.1) is 0 Å². The molecule has 4 heterocycles. The van der Waals surface area contributed by atoms with Crippen molar-refractivity contribution in [2.75, 3.05) is 31.1 Å². The molecule has 0 spiro atoms. The monoisotopic (exact) mass is 351 g/mol. The van der Waals surface area contributed by atoms with Crippen LogP contribution in [0.15, 0.2) is 54.2 Å². The molecule has 25 heavy (non-hydrogen) atoms. The van der Waals surface area contributed by atoms with Crippen LogP contribution in [-0.2, 0) is 0 Å². The Balaban J connectivity index is 1.39. The Morgan fingerprint density at radius 2 is 1.76 bits per heavy atom. The highest BCUT2D eigenvalue weighted by Crippen LogP contribution is 2.23. The number of hydrogen-bond acceptors (Lipinski definition) is 6. The van der Waals surface area contributed by atoms with Gasteiger partial charge in [0.1, 0.15) is 5.69 Å². The quantitative estimate of drug-likeness (QED) is 0.726. The van der Waals surface area contributed by atoms with Crippen LogP contribution in [0.5, 0.6) is 0 Å². The summed E-state index contributed by atoms with van der Waals surface area (Å²) in [6.45, 7) is 2.86. The number of aromatic nitrogens is 3. The van der Waals surface area contributed by atoms with Crippen molar-refractivity contribution in [3.05, 3.63) is 59.7 Å². The topological polar surface area (TPSA) is 62.2 Å². The molecule has 1 saturated heterocycles. The Labute approximate surface area is 149 Å². The van der Waals surface area contributed by atoms with Gasteiger partial charge in [-0.05, 0) is 35.7 Å². The summed E-state index contributed by atoms with van der Waals surface area (Å²) in [5.41, 5.74) is 1.58. The first-order valence-corrected chi connectivity index (χ1v) is 9.01. The second-order valence-electron chi connectivity index (χ2n) is 5.77. The third-order valence-corrected chi connectivity index (χ3v) is 5.13. The lowest BCUT2D eigenvalue weighted by Gasteiger charge is -2.35. The van der Waals surface area contributed by atoms with E-state index in [1.54, 1.807) is 35.9 Å². The van der Waals surface area contributed by atoms with Crippen LogP contribution in [0.3, 0.4) is 0 Å². The van der Waals surface area contributed by atoms with Gasteiger partial charge in [-0.25, -0.2) is 0 Å². The van der Waals surface area contributed by atoms with E-state index in [0.717, 1.165) is 29.5 Å². The lowest BCUT2D eigenvalue weighted by Crippen LogP contribution is -2.49. The molecular weight excluding hydrogens is 334 g/mol. The molecule has 0 unspecified atom stereocenters. The average molecular weight is 351 g/mol. The Bertz CT molecular complexity index is 828. The molecule has 3 aromatic rings. The molecule has 0 N–H and O–H groups in total. The Morgan fingerprint density at radius 1 is 0.960 bits per heavy atom. The number of nitrogens with zero attached hydrogens (tertiary/aromatic N) is 5. The van der Waals surface area contributed by atoms with Gasteiger partial charge in [0.05, 0.1) is 4.88 Å². The van der Waals surface area contributed by atoms with E-state index in [0.29, 0.717) is 18.7 Å². The summed E-state index contributed by atoms with van der Waals surface area (Å²) in [6, 6.07) is 11.6. The highest BCUT2D eigenvalue weighted by molar-refractivity contribution is 7.13. The van der Waals surface area contributed by atoms with E-state index in [4.69, 9.17) is 0 Å². The van der Waals surface area contributed by atoms with Crippen LogP contribution >= 0.6 is 11.3 Å². The molecule has 4 rings (SSSR count). The largest absolute Gasteiger partial charge is 0.352 e. The zero-order chi connectivity index (χ0) is 17.1. The molecule has 1 aliphatic heterocycles. The number of anilines is 1. The van der Waals surface area contributed by atoms with Gasteiger partial charge in [-0.15, -0.1) is 21.5 Å². The summed E-state index contributed by atoms with van der Waals surface area (Å²) in [5, 5.41) is 10.7. The number of pyridine rings is 1. The Hall–Kier alpha value is -2.80. The van der Waals surface area contributed by atoms with Gasteiger partial charge in [0.2, 0.25) is 0 Å². The van der Waals surface area contributed by atoms with E-state index in [-0.39, 0.29) is 5.91 Å². The van der Waals surface area contributed by atoms with Crippen LogP contribution in [0.1, 0.15) is 10.4 Å². The van der Waals surface area contributed by atoms with Gasteiger partial charge in [0.25, 0.3) is 5.91 Å². The van der Waals surface area contributed by atoms with Crippen LogP contribution < -0.4 is 4.90 Å². The minimum Gasteiger partial charge on any atom is -0.352 e. The predicted octanol–water partition coefficient (Wildman–Crippen LogP) is 2.56. The molecule has 0 aromatic carbocycles. The second kappa shape index (κ2) is 6.98. The minimum absolute atomic E-state index is 0.0566. The summed E-state index contributed by atoms with van der Waals surface area (Å²) in [4.78, 5) is 21.6. The number of piperazine rings is 1. The van der Waals surface area contributed by atoms with Crippen molar-refractivity contribution in [1.29, 1.82) is 0 Å². The van der Waals surface area contributed by atoms with E-state index in [9.17, 15) is 4.79 Å². The summed E-state index contributed by atoms with van der Waals surface area (Å²) in [7, 11) is 0. The molecule has 0 radical (unpaired) electrons. The number of carbonyl (C=O) groups is 1. The molecule has 0 bridgehead atoms. The van der Waals surface area contributed by atoms with Gasteiger partial charge < -0.3 is 9.80 Å². The van der Waals surface area contributed by atoms with Gasteiger partial charge in [-0.2, -0.15) is 0 Å². The first-order chi connectivity index (χ1) is 12.3. The summed E-state index contributed by atoms with van der Waals surface area (Å²) in [6.07, 6.45) is 3.29. The fourth-order valence-corrected chi connectivity index (χ4v) is 3.56. The zero-order valence-corrected chi connectivity index (χ0v) is 14.4. The molecule has 1 aliphatic rings. The fourth-order valence-electron chi connectivity index (χ4n) is 2.87. The SMILES string of the molecule is O=C(c1ccncc1)N1CCN(c2ccc(-c3cccs3)nn2)CC1. The number of hydrogen-bond donors (Lipinski definition) is 0. The normalized spacial score (nSPS) is 14.6. The molecule has 3 aromatic heterocycles. The lowest BCUT2D eigenvalue weighted by atomic mass is 10.2. The standard InChI is InChI=1S/C18H17N5OS/c24-18(14-5-7-19-8-6-14)23-11-9-22(10-12-23)17-4-3-15(20-21-17)16-2-1-13-25-16/h1-8,13H,9-12H2. The molecule has 7 heteroatoms. The summed E-state index contributed by atoms with van der Waals surface area (Å²) < 4.78 is 0. The van der Waals surface area contributed by atoms with Crippen molar-refractivity contribution in [2.45, 2.75) is 0 Å². The molecule has 6 nitrogen and oxygen atoms in total. The van der Waals surface area contributed by atoms with Gasteiger partial charge in [0.15, 0.2) is 5.82 Å². The molecule has 1 amide bonds. The van der Waals surface area contributed by atoms with Gasteiger partial charge in [0, 0.05) is 44.1 Å². The maximum Gasteiger partial charge on any atom is 0.254 e. The summed E-state index contributed by atoms with van der Waals surface area (Å²) >= 11 is 1.65. The fraction of sp³-hybridized carbons (Fsp3) is 0.222. The van der Waals surface area contributed by atoms with Crippen molar-refractivity contribution in [2.24, 2.45) is 0 Å². The first-order valence-electron chi connectivity index (χ1n) is 8.13. The Kier molecular flexibility index (Phi) is 4.39. The molecule has 0 aliphatic carbocycles. The third-order valence-electron chi connectivity index (χ3n) is 4.24. The number of amides is 1. The summed E-state index contributed by atoms with van der Waals surface area (Å²) in [5.74, 6) is 0.914. The molecular formula is C18H17N5OS. The second-order valence-corrected chi connectivity index (χ2v) is 6.72. The van der Waals surface area contributed by atoms with Crippen molar-refractivity contribution in [3.63, 3.8) is 0 Å². The van der Waals surface area contributed by atoms with Crippen LogP contribution in [0.2, 0.25) is 0 Å². The maximum absolute atomic E-state index is 12.5. The zero-order valence-electron chi connectivity index (χ0n) is 13.6. The smallest absolute Gasteiger partial charge is 0.254 e. The predicted molar refractivity (Wildman–Crippen MR) is 97.7 cm³/mol. The highest BCUT2D eigenvalue weighted by atomic mass is 32.1. The van der Waals surface area contributed by atoms with E-state index < -0.39 is 0 Å². The Morgan fingerprint density at radius 3 is 2.40 bits per heavy atom. The molecule has 126 valence electrons. The van der Waals surface area contributed by atoms with Crippen molar-refractivity contribution < 1.29 is 4.79 Å². The van der Waals surface area contributed by atoms with E-state index >= 15 is 0 Å². The first kappa shape index (κ1) is 15.7. The van der Waals surface area contributed by atoms with Crippen molar-refractivity contribution >= 4 is 23.1 Å². The molecule has 0 atom stereocenters. The van der Waals surface area contributed by atoms with Crippen LogP contribution in [-0.4, -0.2) is 52.2 Å². The van der Waals surface area contributed by atoms with Crippen molar-refractivity contribution in [1.82, 2.24) is 20.1 Å². The molecule has 0 saturated carbocycles. The van der Waals surface area contributed by atoms with E-state index in [1.165, 1.54) is 0 Å². The van der Waals surface area contributed by atoms with Crippen LogP contribution in [0.25, 0.3) is 10.6 Å². The number of carbonyl (C=O) groups excluding carboxylic acids is 1. The maximum atomic E-state index is 12.5. The highest BCUT2D eigenvalue weighted by Gasteiger charge is 2.23. The molecule has 1 fully saturated rings. The lowest BCUT2D eigenvalue weighted by molar-refractivity contribution is 0.0746. The average Bonchev–Trinajstić information content (AvgIpc) is 3.23. The van der Waals surface area contributed by atoms with Crippen LogP contribution in [0.4, 0.5) is 5.82 Å². The van der Waals surface area contributed by atoms with Gasteiger partial charge in [-0.1, -0.05) is 6.07 Å². The van der Waals surface area contributed by atoms with E-state index in [2.05, 4.69) is 20.1 Å². The third kappa shape index (κ3) is 3.36. The minimum atomic E-state index is 0.0566. The van der Waals surface area contributed by atoms with Gasteiger partial charge in [-0.3, -0.25) is 9.78 Å². The van der Waals surface area contributed by atoms with Crippen molar-refractivity contribution in [3.8, 4) is 10.6 Å².